The smallest absolute Gasteiger partial charge is 0.462 e. The number of hydrogen-bond acceptors (Lipinski definition) is 15. The SMILES string of the molecule is CCCCCC/C=C\C=C/CCCCCCCC(=O)O[C@H](COC(=O)CCCCCCCCCCC)COP(=O)(O)OC[C@H](O)COP(=O)(O)OC[C@@H](COC(=O)CCCCCCCCCCCCCCCCCCC)OC(=O)CCCCCCCCCCCCCCCCCCCCCCC. The summed E-state index contributed by atoms with van der Waals surface area (Å²) in [7, 11) is -9.93. The van der Waals surface area contributed by atoms with Gasteiger partial charge in [0.25, 0.3) is 0 Å². The maximum atomic E-state index is 13.1. The maximum absolute atomic E-state index is 13.1. The number of carbonyl (C=O) groups is 4. The highest BCUT2D eigenvalue weighted by Gasteiger charge is 2.30. The summed E-state index contributed by atoms with van der Waals surface area (Å²) in [5, 5.41) is 10.6. The highest BCUT2D eigenvalue weighted by Crippen LogP contribution is 2.45. The molecular formula is C83H158O17P2. The van der Waals surface area contributed by atoms with Crippen molar-refractivity contribution in [3.8, 4) is 0 Å². The lowest BCUT2D eigenvalue weighted by atomic mass is 10.0. The lowest BCUT2D eigenvalue weighted by Crippen LogP contribution is -2.30. The molecule has 0 aliphatic rings. The zero-order valence-electron chi connectivity index (χ0n) is 66.1. The van der Waals surface area contributed by atoms with Gasteiger partial charge in [-0.25, -0.2) is 9.13 Å². The van der Waals surface area contributed by atoms with Gasteiger partial charge >= 0.3 is 39.5 Å². The van der Waals surface area contributed by atoms with Crippen LogP contribution in [0.4, 0.5) is 0 Å². The van der Waals surface area contributed by atoms with Crippen molar-refractivity contribution in [3.05, 3.63) is 24.3 Å². The number of carbonyl (C=O) groups excluding carboxylic acids is 4. The number of aliphatic hydroxyl groups excluding tert-OH is 1. The fourth-order valence-electron chi connectivity index (χ4n) is 12.5. The summed E-state index contributed by atoms with van der Waals surface area (Å²) in [6.45, 7) is 4.95. The Hall–Kier alpha value is -2.46. The Morgan fingerprint density at radius 2 is 0.471 bits per heavy atom. The Balaban J connectivity index is 5.23. The number of rotatable bonds is 82. The van der Waals surface area contributed by atoms with Gasteiger partial charge < -0.3 is 33.8 Å². The van der Waals surface area contributed by atoms with Gasteiger partial charge in [-0.3, -0.25) is 37.3 Å². The summed E-state index contributed by atoms with van der Waals surface area (Å²) < 4.78 is 68.7. The minimum atomic E-state index is -4.97. The first kappa shape index (κ1) is 99.5. The van der Waals surface area contributed by atoms with Gasteiger partial charge in [0, 0.05) is 25.7 Å². The summed E-state index contributed by atoms with van der Waals surface area (Å²) in [5.41, 5.74) is 0. The number of ether oxygens (including phenoxy) is 4. The van der Waals surface area contributed by atoms with E-state index in [1.165, 1.54) is 244 Å². The van der Waals surface area contributed by atoms with Crippen LogP contribution >= 0.6 is 15.6 Å². The summed E-state index contributed by atoms with van der Waals surface area (Å²) in [6.07, 6.45) is 73.1. The minimum absolute atomic E-state index is 0.0857. The fraction of sp³-hybridized carbons (Fsp3) is 0.904. The van der Waals surface area contributed by atoms with E-state index in [0.717, 1.165) is 103 Å². The van der Waals surface area contributed by atoms with Crippen LogP contribution in [-0.4, -0.2) is 96.7 Å². The predicted molar refractivity (Wildman–Crippen MR) is 418 cm³/mol. The Labute approximate surface area is 624 Å². The highest BCUT2D eigenvalue weighted by atomic mass is 31.2. The molecule has 19 heteroatoms. The van der Waals surface area contributed by atoms with Gasteiger partial charge in [0.15, 0.2) is 12.2 Å². The van der Waals surface area contributed by atoms with Crippen LogP contribution in [0, 0.1) is 0 Å². The molecule has 0 spiro atoms. The molecule has 0 aliphatic carbocycles. The van der Waals surface area contributed by atoms with Gasteiger partial charge in [0.1, 0.15) is 19.3 Å². The standard InChI is InChI=1S/C83H158O17P2/c1-5-9-13-17-21-25-28-31-34-36-37-38-39-41-44-47-50-54-58-62-66-70-83(88)100-79(74-94-81(86)68-64-60-56-52-48-45-43-40-35-32-29-26-22-18-14-10-6-2)76-98-102(91,92)96-72-77(84)71-95-101(89,90)97-75-78(73-93-80(85)67-63-59-55-51-24-20-16-12-8-4)99-82(87)69-65-61-57-53-49-46-42-33-30-27-23-19-15-11-7-3/h27,30,33,42,77-79,84H,5-26,28-29,31-32,34-41,43-76H2,1-4H3,(H,89,90)(H,91,92)/b30-27-,42-33-/t77-,78+,79+/m0/s1. The van der Waals surface area contributed by atoms with E-state index in [0.29, 0.717) is 25.7 Å². The van der Waals surface area contributed by atoms with E-state index < -0.39 is 97.5 Å². The van der Waals surface area contributed by atoms with Gasteiger partial charge in [-0.05, 0) is 51.4 Å². The summed E-state index contributed by atoms with van der Waals surface area (Å²) in [5.74, 6) is -2.14. The average molecular weight is 1490 g/mol. The van der Waals surface area contributed by atoms with Gasteiger partial charge in [-0.15, -0.1) is 0 Å². The van der Waals surface area contributed by atoms with E-state index in [1.54, 1.807) is 0 Å². The van der Waals surface area contributed by atoms with Crippen molar-refractivity contribution >= 4 is 39.5 Å². The first-order valence-electron chi connectivity index (χ1n) is 42.6. The minimum Gasteiger partial charge on any atom is -0.462 e. The van der Waals surface area contributed by atoms with Gasteiger partial charge in [-0.1, -0.05) is 373 Å². The van der Waals surface area contributed by atoms with Crippen LogP contribution in [0.5, 0.6) is 0 Å². The molecule has 0 saturated heterocycles. The lowest BCUT2D eigenvalue weighted by Gasteiger charge is -2.21. The Bertz CT molecular complexity index is 2020. The molecule has 3 N–H and O–H groups in total. The molecule has 0 amide bonds. The zero-order valence-corrected chi connectivity index (χ0v) is 67.9. The van der Waals surface area contributed by atoms with E-state index >= 15 is 0 Å². The Kier molecular flexibility index (Phi) is 74.9. The number of allylic oxidation sites excluding steroid dienone is 4. The molecule has 5 atom stereocenters. The summed E-state index contributed by atoms with van der Waals surface area (Å²) >= 11 is 0. The Morgan fingerprint density at radius 3 is 0.716 bits per heavy atom. The van der Waals surface area contributed by atoms with Crippen molar-refractivity contribution in [2.45, 2.75) is 444 Å². The van der Waals surface area contributed by atoms with Gasteiger partial charge in [0.2, 0.25) is 0 Å². The van der Waals surface area contributed by atoms with Crippen LogP contribution in [0.25, 0.3) is 0 Å². The quantitative estimate of drug-likeness (QED) is 0.0169. The topological polar surface area (TPSA) is 237 Å². The second-order valence-corrected chi connectivity index (χ2v) is 32.1. The number of aliphatic hydroxyl groups is 1. The average Bonchev–Trinajstić information content (AvgIpc) is 0.916. The third-order valence-electron chi connectivity index (χ3n) is 19.0. The molecule has 0 aromatic heterocycles. The molecule has 602 valence electrons. The monoisotopic (exact) mass is 1490 g/mol. The van der Waals surface area contributed by atoms with Crippen molar-refractivity contribution in [1.82, 2.24) is 0 Å². The predicted octanol–water partition coefficient (Wildman–Crippen LogP) is 24.9. The van der Waals surface area contributed by atoms with Crippen molar-refractivity contribution in [1.29, 1.82) is 0 Å². The van der Waals surface area contributed by atoms with E-state index in [1.807, 2.05) is 0 Å². The number of phosphoric acid groups is 2. The van der Waals surface area contributed by atoms with E-state index in [-0.39, 0.29) is 25.7 Å². The molecule has 0 aromatic rings. The molecule has 0 rings (SSSR count). The second-order valence-electron chi connectivity index (χ2n) is 29.2. The molecule has 2 unspecified atom stereocenters. The number of hydrogen-bond donors (Lipinski definition) is 3. The molecule has 0 fully saturated rings. The van der Waals surface area contributed by atoms with Gasteiger partial charge in [0.05, 0.1) is 26.4 Å². The van der Waals surface area contributed by atoms with Crippen molar-refractivity contribution in [2.75, 3.05) is 39.6 Å². The normalized spacial score (nSPS) is 13.9. The number of phosphoric ester groups is 2. The summed E-state index contributed by atoms with van der Waals surface area (Å²) in [6, 6.07) is 0. The first-order valence-corrected chi connectivity index (χ1v) is 45.6. The van der Waals surface area contributed by atoms with Crippen LogP contribution < -0.4 is 0 Å². The fourth-order valence-corrected chi connectivity index (χ4v) is 14.0. The lowest BCUT2D eigenvalue weighted by molar-refractivity contribution is -0.161. The van der Waals surface area contributed by atoms with E-state index in [9.17, 15) is 43.2 Å². The number of esters is 4. The molecule has 17 nitrogen and oxygen atoms in total. The van der Waals surface area contributed by atoms with E-state index in [2.05, 4.69) is 52.0 Å². The van der Waals surface area contributed by atoms with Crippen molar-refractivity contribution < 1.29 is 80.2 Å². The number of unbranched alkanes of at least 4 members (excludes halogenated alkanes) is 53. The maximum Gasteiger partial charge on any atom is 0.472 e. The first-order chi connectivity index (χ1) is 49.7. The second kappa shape index (κ2) is 76.7. The molecule has 0 aromatic carbocycles. The Morgan fingerprint density at radius 1 is 0.275 bits per heavy atom. The van der Waals surface area contributed by atoms with E-state index in [4.69, 9.17) is 37.0 Å². The van der Waals surface area contributed by atoms with Crippen molar-refractivity contribution in [2.24, 2.45) is 0 Å². The summed E-state index contributed by atoms with van der Waals surface area (Å²) in [4.78, 5) is 73.0. The van der Waals surface area contributed by atoms with Crippen LogP contribution in [0.2, 0.25) is 0 Å². The third-order valence-corrected chi connectivity index (χ3v) is 20.9. The van der Waals surface area contributed by atoms with Crippen molar-refractivity contribution in [3.63, 3.8) is 0 Å². The largest absolute Gasteiger partial charge is 0.472 e. The molecule has 102 heavy (non-hydrogen) atoms. The van der Waals surface area contributed by atoms with Crippen LogP contribution in [0.3, 0.4) is 0 Å². The third kappa shape index (κ3) is 75.8. The zero-order chi connectivity index (χ0) is 74.6. The molecule has 0 saturated carbocycles. The molecule has 0 heterocycles. The van der Waals surface area contributed by atoms with Crippen LogP contribution in [0.1, 0.15) is 426 Å². The highest BCUT2D eigenvalue weighted by molar-refractivity contribution is 7.47. The molecule has 0 radical (unpaired) electrons. The van der Waals surface area contributed by atoms with Crippen LogP contribution in [0.15, 0.2) is 24.3 Å². The molecular weight excluding hydrogens is 1330 g/mol. The molecule has 0 aliphatic heterocycles. The molecule has 0 bridgehead atoms. The van der Waals surface area contributed by atoms with Crippen LogP contribution in [-0.2, 0) is 65.4 Å². The van der Waals surface area contributed by atoms with Gasteiger partial charge in [-0.2, -0.15) is 0 Å².